The highest BCUT2D eigenvalue weighted by Gasteiger charge is 1.91. The van der Waals surface area contributed by atoms with Crippen LogP contribution >= 0.6 is 0 Å². The van der Waals surface area contributed by atoms with Gasteiger partial charge >= 0.3 is 5.97 Å². The van der Waals surface area contributed by atoms with Crippen LogP contribution in [0.1, 0.15) is 5.56 Å². The summed E-state index contributed by atoms with van der Waals surface area (Å²) in [5, 5.41) is 8.39. The van der Waals surface area contributed by atoms with Crippen LogP contribution in [0.4, 0.5) is 0 Å². The Morgan fingerprint density at radius 2 is 2.00 bits per heavy atom. The smallest absolute Gasteiger partial charge is 0.328 e. The molecular formula is C11H10O3. The maximum absolute atomic E-state index is 10.2. The number of carboxylic acids is 1. The van der Waals surface area contributed by atoms with Gasteiger partial charge in [-0.1, -0.05) is 18.7 Å². The van der Waals surface area contributed by atoms with E-state index < -0.39 is 5.97 Å². The molecule has 0 heterocycles. The van der Waals surface area contributed by atoms with Gasteiger partial charge in [0.2, 0.25) is 0 Å². The highest BCUT2D eigenvalue weighted by Crippen LogP contribution is 2.12. The minimum atomic E-state index is -0.962. The van der Waals surface area contributed by atoms with Crippen LogP contribution in [0, 0.1) is 0 Å². The van der Waals surface area contributed by atoms with Crippen molar-refractivity contribution in [2.75, 3.05) is 0 Å². The van der Waals surface area contributed by atoms with Crippen molar-refractivity contribution in [3.05, 3.63) is 48.7 Å². The van der Waals surface area contributed by atoms with Gasteiger partial charge in [0.1, 0.15) is 5.75 Å². The first-order chi connectivity index (χ1) is 6.72. The first-order valence-electron chi connectivity index (χ1n) is 4.01. The number of rotatable bonds is 4. The molecule has 0 spiro atoms. The highest BCUT2D eigenvalue weighted by molar-refractivity contribution is 5.85. The van der Waals surface area contributed by atoms with E-state index >= 15 is 0 Å². The van der Waals surface area contributed by atoms with Gasteiger partial charge < -0.3 is 9.84 Å². The van der Waals surface area contributed by atoms with Crippen LogP contribution in [-0.4, -0.2) is 11.1 Å². The predicted molar refractivity (Wildman–Crippen MR) is 53.9 cm³/mol. The van der Waals surface area contributed by atoms with E-state index in [-0.39, 0.29) is 0 Å². The van der Waals surface area contributed by atoms with Gasteiger partial charge in [0.05, 0.1) is 6.26 Å². The number of aliphatic carboxylic acids is 1. The van der Waals surface area contributed by atoms with E-state index in [4.69, 9.17) is 9.84 Å². The largest absolute Gasteiger partial charge is 0.478 e. The first kappa shape index (κ1) is 10.1. The Kier molecular flexibility index (Phi) is 3.49. The third-order valence-electron chi connectivity index (χ3n) is 1.52. The number of benzene rings is 1. The second-order valence-electron chi connectivity index (χ2n) is 2.53. The average molecular weight is 190 g/mol. The number of carbonyl (C=O) groups is 1. The molecule has 0 fully saturated rings. The number of hydrogen-bond acceptors (Lipinski definition) is 2. The summed E-state index contributed by atoms with van der Waals surface area (Å²) in [7, 11) is 0. The molecule has 0 aliphatic rings. The molecule has 14 heavy (non-hydrogen) atoms. The lowest BCUT2D eigenvalue weighted by Gasteiger charge is -1.98. The monoisotopic (exact) mass is 190 g/mol. The summed E-state index contributed by atoms with van der Waals surface area (Å²) in [6.45, 7) is 3.42. The quantitative estimate of drug-likeness (QED) is 0.585. The second kappa shape index (κ2) is 4.87. The summed E-state index contributed by atoms with van der Waals surface area (Å²) in [6.07, 6.45) is 3.94. The van der Waals surface area contributed by atoms with E-state index in [1.165, 1.54) is 12.3 Å². The molecule has 0 aliphatic carbocycles. The van der Waals surface area contributed by atoms with E-state index in [0.717, 1.165) is 11.6 Å². The SMILES string of the molecule is C=COc1ccc(/C=C/C(=O)O)cc1. The van der Waals surface area contributed by atoms with Crippen molar-refractivity contribution in [3.8, 4) is 5.75 Å². The van der Waals surface area contributed by atoms with Crippen LogP contribution in [-0.2, 0) is 4.79 Å². The van der Waals surface area contributed by atoms with Crippen molar-refractivity contribution in [2.24, 2.45) is 0 Å². The molecule has 1 aromatic rings. The third-order valence-corrected chi connectivity index (χ3v) is 1.52. The van der Waals surface area contributed by atoms with Crippen LogP contribution in [0.25, 0.3) is 6.08 Å². The molecule has 0 saturated carbocycles. The molecule has 0 saturated heterocycles. The van der Waals surface area contributed by atoms with Gasteiger partial charge in [-0.05, 0) is 23.8 Å². The van der Waals surface area contributed by atoms with Gasteiger partial charge in [-0.25, -0.2) is 4.79 Å². The van der Waals surface area contributed by atoms with E-state index in [0.29, 0.717) is 5.75 Å². The fourth-order valence-electron chi connectivity index (χ4n) is 0.921. The predicted octanol–water partition coefficient (Wildman–Crippen LogP) is 2.31. The Hall–Kier alpha value is -2.03. The average Bonchev–Trinajstić information content (AvgIpc) is 2.17. The molecular weight excluding hydrogens is 180 g/mol. The number of carboxylic acid groups (broad SMARTS) is 1. The Balaban J connectivity index is 2.73. The summed E-state index contributed by atoms with van der Waals surface area (Å²) < 4.78 is 5.01. The van der Waals surface area contributed by atoms with E-state index in [1.54, 1.807) is 24.3 Å². The molecule has 1 N–H and O–H groups in total. The summed E-state index contributed by atoms with van der Waals surface area (Å²) in [6, 6.07) is 7.00. The van der Waals surface area contributed by atoms with Crippen LogP contribution in [0.3, 0.4) is 0 Å². The maximum Gasteiger partial charge on any atom is 0.328 e. The van der Waals surface area contributed by atoms with Gasteiger partial charge in [-0.2, -0.15) is 0 Å². The van der Waals surface area contributed by atoms with Crippen molar-refractivity contribution in [1.82, 2.24) is 0 Å². The highest BCUT2D eigenvalue weighted by atomic mass is 16.5. The van der Waals surface area contributed by atoms with Gasteiger partial charge in [0.25, 0.3) is 0 Å². The summed E-state index contributed by atoms with van der Waals surface area (Å²) in [5.74, 6) is -0.288. The molecule has 72 valence electrons. The van der Waals surface area contributed by atoms with Crippen LogP contribution < -0.4 is 4.74 Å². The van der Waals surface area contributed by atoms with E-state index in [1.807, 2.05) is 0 Å². The molecule has 0 radical (unpaired) electrons. The minimum Gasteiger partial charge on any atom is -0.478 e. The molecule has 3 heteroatoms. The Morgan fingerprint density at radius 3 is 2.50 bits per heavy atom. The van der Waals surface area contributed by atoms with Crippen molar-refractivity contribution >= 4 is 12.0 Å². The van der Waals surface area contributed by atoms with Crippen molar-refractivity contribution in [3.63, 3.8) is 0 Å². The third kappa shape index (κ3) is 3.15. The summed E-state index contributed by atoms with van der Waals surface area (Å²) >= 11 is 0. The van der Waals surface area contributed by atoms with E-state index in [2.05, 4.69) is 6.58 Å². The lowest BCUT2D eigenvalue weighted by molar-refractivity contribution is -0.131. The molecule has 0 aromatic heterocycles. The lowest BCUT2D eigenvalue weighted by atomic mass is 10.2. The van der Waals surface area contributed by atoms with Crippen LogP contribution in [0.15, 0.2) is 43.2 Å². The lowest BCUT2D eigenvalue weighted by Crippen LogP contribution is -1.85. The number of ether oxygens (including phenoxy) is 1. The molecule has 0 aliphatic heterocycles. The fourth-order valence-corrected chi connectivity index (χ4v) is 0.921. The Labute approximate surface area is 81.9 Å². The zero-order chi connectivity index (χ0) is 10.4. The normalized spacial score (nSPS) is 10.0. The number of hydrogen-bond donors (Lipinski definition) is 1. The van der Waals surface area contributed by atoms with Crippen molar-refractivity contribution in [1.29, 1.82) is 0 Å². The van der Waals surface area contributed by atoms with E-state index in [9.17, 15) is 4.79 Å². The summed E-state index contributed by atoms with van der Waals surface area (Å²) in [4.78, 5) is 10.2. The minimum absolute atomic E-state index is 0.674. The molecule has 0 unspecified atom stereocenters. The first-order valence-corrected chi connectivity index (χ1v) is 4.01. The zero-order valence-electron chi connectivity index (χ0n) is 7.51. The standard InChI is InChI=1S/C11H10O3/c1-2-14-10-6-3-9(4-7-10)5-8-11(12)13/h2-8H,1H2,(H,12,13)/b8-5+. The summed E-state index contributed by atoms with van der Waals surface area (Å²) in [5.41, 5.74) is 0.809. The molecule has 0 atom stereocenters. The van der Waals surface area contributed by atoms with Crippen LogP contribution in [0.2, 0.25) is 0 Å². The van der Waals surface area contributed by atoms with Gasteiger partial charge in [-0.15, -0.1) is 0 Å². The van der Waals surface area contributed by atoms with Gasteiger partial charge in [0, 0.05) is 6.08 Å². The Morgan fingerprint density at radius 1 is 1.36 bits per heavy atom. The topological polar surface area (TPSA) is 46.5 Å². The molecule has 3 nitrogen and oxygen atoms in total. The fraction of sp³-hybridized carbons (Fsp3) is 0. The zero-order valence-corrected chi connectivity index (χ0v) is 7.51. The van der Waals surface area contributed by atoms with Gasteiger partial charge in [-0.3, -0.25) is 0 Å². The maximum atomic E-state index is 10.2. The van der Waals surface area contributed by atoms with Crippen molar-refractivity contribution in [2.45, 2.75) is 0 Å². The second-order valence-corrected chi connectivity index (χ2v) is 2.53. The molecule has 1 aromatic carbocycles. The molecule has 0 amide bonds. The van der Waals surface area contributed by atoms with Gasteiger partial charge in [0.15, 0.2) is 0 Å². The van der Waals surface area contributed by atoms with Crippen LogP contribution in [0.5, 0.6) is 5.75 Å². The Bertz CT molecular complexity index is 349. The van der Waals surface area contributed by atoms with Crippen molar-refractivity contribution < 1.29 is 14.6 Å². The molecule has 1 rings (SSSR count). The molecule has 0 bridgehead atoms.